The quantitative estimate of drug-likeness (QED) is 0.629. The summed E-state index contributed by atoms with van der Waals surface area (Å²) in [7, 11) is 3.72. The average Bonchev–Trinajstić information content (AvgIpc) is 1.86. The van der Waals surface area contributed by atoms with Gasteiger partial charge in [0.15, 0.2) is 0 Å². The highest BCUT2D eigenvalue weighted by atomic mass is 16.5. The van der Waals surface area contributed by atoms with E-state index in [-0.39, 0.29) is 0 Å². The molecule has 0 aliphatic carbocycles. The third-order valence-corrected chi connectivity index (χ3v) is 1.53. The lowest BCUT2D eigenvalue weighted by Gasteiger charge is -2.16. The molecule has 10 heavy (non-hydrogen) atoms. The average molecular weight is 145 g/mol. The van der Waals surface area contributed by atoms with Crippen molar-refractivity contribution in [2.75, 3.05) is 20.8 Å². The summed E-state index contributed by atoms with van der Waals surface area (Å²) >= 11 is 0. The van der Waals surface area contributed by atoms with Crippen molar-refractivity contribution >= 4 is 0 Å². The van der Waals surface area contributed by atoms with Crippen molar-refractivity contribution in [3.8, 4) is 0 Å². The monoisotopic (exact) mass is 145 g/mol. The maximum absolute atomic E-state index is 5.03. The van der Waals surface area contributed by atoms with Gasteiger partial charge in [-0.15, -0.1) is 0 Å². The molecule has 1 N–H and O–H groups in total. The number of methoxy groups -OCH3 is 1. The smallest absolute Gasteiger partial charge is 0.0615 e. The third-order valence-electron chi connectivity index (χ3n) is 1.53. The van der Waals surface area contributed by atoms with Crippen molar-refractivity contribution < 1.29 is 4.74 Å². The standard InChI is InChI=1S/C8H19NO/c1-7(2)5-8(9-3)6-10-4/h7-9H,5-6H2,1-4H3/t8-/m0/s1. The summed E-state index contributed by atoms with van der Waals surface area (Å²) in [6.07, 6.45) is 1.18. The normalized spacial score (nSPS) is 14.1. The first kappa shape index (κ1) is 9.92. The first-order valence-corrected chi connectivity index (χ1v) is 3.87. The Hall–Kier alpha value is -0.0800. The molecule has 0 spiro atoms. The molecule has 0 aromatic rings. The number of likely N-dealkylation sites (N-methyl/N-ethyl adjacent to an activating group) is 1. The van der Waals surface area contributed by atoms with Gasteiger partial charge in [0.1, 0.15) is 0 Å². The van der Waals surface area contributed by atoms with E-state index in [0.29, 0.717) is 6.04 Å². The van der Waals surface area contributed by atoms with Gasteiger partial charge in [0, 0.05) is 13.2 Å². The van der Waals surface area contributed by atoms with Crippen LogP contribution in [0.4, 0.5) is 0 Å². The highest BCUT2D eigenvalue weighted by Crippen LogP contribution is 2.03. The number of hydrogen-bond donors (Lipinski definition) is 1. The number of rotatable bonds is 5. The minimum absolute atomic E-state index is 0.519. The lowest BCUT2D eigenvalue weighted by Crippen LogP contribution is -2.31. The minimum Gasteiger partial charge on any atom is -0.383 e. The largest absolute Gasteiger partial charge is 0.383 e. The van der Waals surface area contributed by atoms with Crippen LogP contribution in [-0.4, -0.2) is 26.8 Å². The fourth-order valence-corrected chi connectivity index (χ4v) is 1.04. The summed E-state index contributed by atoms with van der Waals surface area (Å²) in [5.41, 5.74) is 0. The summed E-state index contributed by atoms with van der Waals surface area (Å²) < 4.78 is 5.03. The molecule has 0 fully saturated rings. The predicted molar refractivity (Wildman–Crippen MR) is 44.2 cm³/mol. The maximum atomic E-state index is 5.03. The van der Waals surface area contributed by atoms with Crippen molar-refractivity contribution in [3.05, 3.63) is 0 Å². The first-order chi connectivity index (χ1) is 4.70. The molecule has 0 aliphatic heterocycles. The Kier molecular flexibility index (Phi) is 5.64. The first-order valence-electron chi connectivity index (χ1n) is 3.87. The second-order valence-electron chi connectivity index (χ2n) is 3.07. The van der Waals surface area contributed by atoms with E-state index in [1.165, 1.54) is 6.42 Å². The molecule has 0 aromatic heterocycles. The summed E-state index contributed by atoms with van der Waals surface area (Å²) in [5.74, 6) is 0.743. The molecule has 0 rings (SSSR count). The molecule has 62 valence electrons. The molecule has 0 saturated carbocycles. The van der Waals surface area contributed by atoms with Gasteiger partial charge < -0.3 is 10.1 Å². The van der Waals surface area contributed by atoms with E-state index in [0.717, 1.165) is 12.5 Å². The Bertz CT molecular complexity index is 73.7. The topological polar surface area (TPSA) is 21.3 Å². The van der Waals surface area contributed by atoms with E-state index < -0.39 is 0 Å². The van der Waals surface area contributed by atoms with E-state index in [1.54, 1.807) is 7.11 Å². The van der Waals surface area contributed by atoms with E-state index in [9.17, 15) is 0 Å². The fraction of sp³-hybridized carbons (Fsp3) is 1.00. The van der Waals surface area contributed by atoms with Crippen LogP contribution < -0.4 is 5.32 Å². The molecular weight excluding hydrogens is 126 g/mol. The van der Waals surface area contributed by atoms with Gasteiger partial charge in [-0.05, 0) is 19.4 Å². The van der Waals surface area contributed by atoms with Crippen LogP contribution in [0.3, 0.4) is 0 Å². The van der Waals surface area contributed by atoms with Crippen LogP contribution in [-0.2, 0) is 4.74 Å². The van der Waals surface area contributed by atoms with Crippen LogP contribution in [0.2, 0.25) is 0 Å². The Morgan fingerprint density at radius 1 is 1.40 bits per heavy atom. The molecule has 2 heteroatoms. The molecule has 0 aliphatic rings. The highest BCUT2D eigenvalue weighted by Gasteiger charge is 2.06. The molecular formula is C8H19NO. The zero-order valence-electron chi connectivity index (χ0n) is 7.48. The third kappa shape index (κ3) is 4.77. The van der Waals surface area contributed by atoms with E-state index in [4.69, 9.17) is 4.74 Å². The van der Waals surface area contributed by atoms with Gasteiger partial charge in [-0.3, -0.25) is 0 Å². The van der Waals surface area contributed by atoms with E-state index >= 15 is 0 Å². The van der Waals surface area contributed by atoms with Gasteiger partial charge in [-0.25, -0.2) is 0 Å². The SMILES string of the molecule is CN[C@H](COC)CC(C)C. The van der Waals surface area contributed by atoms with E-state index in [1.807, 2.05) is 7.05 Å². The van der Waals surface area contributed by atoms with Crippen LogP contribution in [0.15, 0.2) is 0 Å². The van der Waals surface area contributed by atoms with E-state index in [2.05, 4.69) is 19.2 Å². The van der Waals surface area contributed by atoms with Crippen molar-refractivity contribution in [1.29, 1.82) is 0 Å². The second-order valence-corrected chi connectivity index (χ2v) is 3.07. The van der Waals surface area contributed by atoms with Crippen molar-refractivity contribution in [2.24, 2.45) is 5.92 Å². The minimum atomic E-state index is 0.519. The number of ether oxygens (including phenoxy) is 1. The molecule has 0 saturated heterocycles. The van der Waals surface area contributed by atoms with Gasteiger partial charge in [0.05, 0.1) is 6.61 Å². The van der Waals surface area contributed by atoms with Crippen molar-refractivity contribution in [1.82, 2.24) is 5.32 Å². The number of nitrogens with one attached hydrogen (secondary N) is 1. The van der Waals surface area contributed by atoms with Crippen molar-refractivity contribution in [2.45, 2.75) is 26.3 Å². The Balaban J connectivity index is 3.39. The molecule has 0 amide bonds. The maximum Gasteiger partial charge on any atom is 0.0615 e. The zero-order valence-corrected chi connectivity index (χ0v) is 7.48. The summed E-state index contributed by atoms with van der Waals surface area (Å²) in [5, 5.41) is 3.21. The van der Waals surface area contributed by atoms with Gasteiger partial charge in [-0.2, -0.15) is 0 Å². The molecule has 0 unspecified atom stereocenters. The lowest BCUT2D eigenvalue weighted by atomic mass is 10.1. The number of hydrogen-bond acceptors (Lipinski definition) is 2. The van der Waals surface area contributed by atoms with Crippen LogP contribution in [0.25, 0.3) is 0 Å². The molecule has 0 heterocycles. The highest BCUT2D eigenvalue weighted by molar-refractivity contribution is 4.64. The van der Waals surface area contributed by atoms with Gasteiger partial charge in [0.2, 0.25) is 0 Å². The predicted octanol–water partition coefficient (Wildman–Crippen LogP) is 1.27. The molecule has 0 radical (unpaired) electrons. The Labute approximate surface area is 64.0 Å². The van der Waals surface area contributed by atoms with Crippen molar-refractivity contribution in [3.63, 3.8) is 0 Å². The zero-order chi connectivity index (χ0) is 7.98. The lowest BCUT2D eigenvalue weighted by molar-refractivity contribution is 0.160. The second kappa shape index (κ2) is 5.69. The molecule has 0 aromatic carbocycles. The van der Waals surface area contributed by atoms with Crippen LogP contribution in [0.5, 0.6) is 0 Å². The summed E-state index contributed by atoms with van der Waals surface area (Å²) in [6.45, 7) is 5.26. The Morgan fingerprint density at radius 2 is 2.00 bits per heavy atom. The molecule has 0 bridgehead atoms. The Morgan fingerprint density at radius 3 is 2.30 bits per heavy atom. The molecule has 2 nitrogen and oxygen atoms in total. The fourth-order valence-electron chi connectivity index (χ4n) is 1.04. The van der Waals surface area contributed by atoms with Gasteiger partial charge in [-0.1, -0.05) is 13.8 Å². The van der Waals surface area contributed by atoms with Crippen LogP contribution in [0.1, 0.15) is 20.3 Å². The molecule has 1 atom stereocenters. The van der Waals surface area contributed by atoms with Crippen LogP contribution in [0, 0.1) is 5.92 Å². The summed E-state index contributed by atoms with van der Waals surface area (Å²) in [6, 6.07) is 0.519. The van der Waals surface area contributed by atoms with Gasteiger partial charge in [0.25, 0.3) is 0 Å². The van der Waals surface area contributed by atoms with Gasteiger partial charge >= 0.3 is 0 Å². The summed E-state index contributed by atoms with van der Waals surface area (Å²) in [4.78, 5) is 0. The van der Waals surface area contributed by atoms with Crippen LogP contribution >= 0.6 is 0 Å².